The first-order chi connectivity index (χ1) is 12.0. The molecule has 2 heterocycles. The van der Waals surface area contributed by atoms with Gasteiger partial charge in [-0.2, -0.15) is 0 Å². The molecule has 2 aromatic heterocycles. The summed E-state index contributed by atoms with van der Waals surface area (Å²) < 4.78 is 1.24. The third-order valence-electron chi connectivity index (χ3n) is 3.77. The number of aliphatic hydroxyl groups is 2. The number of fused-ring (bicyclic) bond motifs is 1. The highest BCUT2D eigenvalue weighted by molar-refractivity contribution is 7.20. The SMILES string of the molecule is Cc1c(C(=O)Nc2ccccc2)sc2ncn(C[C@H](O)CO)c(=O)c12. The summed E-state index contributed by atoms with van der Waals surface area (Å²) >= 11 is 1.15. The van der Waals surface area contributed by atoms with E-state index in [4.69, 9.17) is 5.11 Å². The maximum absolute atomic E-state index is 12.6. The number of nitrogens with one attached hydrogen (secondary N) is 1. The number of amides is 1. The lowest BCUT2D eigenvalue weighted by Gasteiger charge is -2.09. The van der Waals surface area contributed by atoms with Crippen molar-refractivity contribution < 1.29 is 15.0 Å². The summed E-state index contributed by atoms with van der Waals surface area (Å²) in [6, 6.07) is 9.05. The van der Waals surface area contributed by atoms with Crippen LogP contribution in [0.5, 0.6) is 0 Å². The zero-order chi connectivity index (χ0) is 18.0. The molecule has 3 aromatic rings. The quantitative estimate of drug-likeness (QED) is 0.638. The van der Waals surface area contributed by atoms with Gasteiger partial charge < -0.3 is 15.5 Å². The van der Waals surface area contributed by atoms with Crippen molar-refractivity contribution in [2.24, 2.45) is 0 Å². The number of thiophene rings is 1. The fourth-order valence-electron chi connectivity index (χ4n) is 2.50. The van der Waals surface area contributed by atoms with Crippen molar-refractivity contribution in [3.8, 4) is 0 Å². The van der Waals surface area contributed by atoms with Crippen LogP contribution >= 0.6 is 11.3 Å². The molecule has 130 valence electrons. The topological polar surface area (TPSA) is 104 Å². The summed E-state index contributed by atoms with van der Waals surface area (Å²) in [5.41, 5.74) is 0.879. The van der Waals surface area contributed by atoms with Gasteiger partial charge >= 0.3 is 0 Å². The second-order valence-electron chi connectivity index (χ2n) is 5.59. The number of carbonyl (C=O) groups is 1. The largest absolute Gasteiger partial charge is 0.394 e. The molecule has 7 nitrogen and oxygen atoms in total. The van der Waals surface area contributed by atoms with Crippen LogP contribution < -0.4 is 10.9 Å². The summed E-state index contributed by atoms with van der Waals surface area (Å²) in [6.45, 7) is 1.20. The molecular weight excluding hydrogens is 342 g/mol. The first kappa shape index (κ1) is 17.3. The van der Waals surface area contributed by atoms with Gasteiger partial charge in [0.2, 0.25) is 0 Å². The van der Waals surface area contributed by atoms with Crippen LogP contribution in [0.25, 0.3) is 10.2 Å². The molecule has 8 heteroatoms. The van der Waals surface area contributed by atoms with Crippen LogP contribution in [0, 0.1) is 6.92 Å². The van der Waals surface area contributed by atoms with Crippen molar-refractivity contribution in [2.45, 2.75) is 19.6 Å². The molecule has 0 aliphatic carbocycles. The predicted octanol–water partition coefficient (Wildman–Crippen LogP) is 1.37. The van der Waals surface area contributed by atoms with Crippen molar-refractivity contribution in [1.82, 2.24) is 9.55 Å². The van der Waals surface area contributed by atoms with E-state index in [0.717, 1.165) is 11.3 Å². The smallest absolute Gasteiger partial charge is 0.266 e. The molecule has 0 fully saturated rings. The first-order valence-electron chi connectivity index (χ1n) is 7.65. The standard InChI is InChI=1S/C17H17N3O4S/c1-10-13-16(18-9-20(17(13)24)7-12(22)8-21)25-14(10)15(23)19-11-5-3-2-4-6-11/h2-6,9,12,21-22H,7-8H2,1H3,(H,19,23)/t12-/m0/s1. The van der Waals surface area contributed by atoms with Crippen molar-refractivity contribution >= 4 is 33.1 Å². The van der Waals surface area contributed by atoms with Gasteiger partial charge in [0, 0.05) is 5.69 Å². The molecule has 1 aromatic carbocycles. The highest BCUT2D eigenvalue weighted by Crippen LogP contribution is 2.27. The number of para-hydroxylation sites is 1. The second kappa shape index (κ2) is 7.14. The van der Waals surface area contributed by atoms with Gasteiger partial charge in [-0.05, 0) is 24.6 Å². The molecule has 0 aliphatic rings. The molecular formula is C17H17N3O4S. The molecule has 0 unspecified atom stereocenters. The molecule has 0 spiro atoms. The lowest BCUT2D eigenvalue weighted by molar-refractivity contribution is 0.0802. The Bertz CT molecular complexity index is 965. The molecule has 0 saturated carbocycles. The molecule has 0 radical (unpaired) electrons. The predicted molar refractivity (Wildman–Crippen MR) is 96.1 cm³/mol. The maximum atomic E-state index is 12.6. The second-order valence-corrected chi connectivity index (χ2v) is 6.59. The van der Waals surface area contributed by atoms with E-state index in [0.29, 0.717) is 26.3 Å². The summed E-state index contributed by atoms with van der Waals surface area (Å²) in [4.78, 5) is 30.2. The summed E-state index contributed by atoms with van der Waals surface area (Å²) in [7, 11) is 0. The minimum absolute atomic E-state index is 0.0564. The van der Waals surface area contributed by atoms with E-state index in [-0.39, 0.29) is 18.0 Å². The van der Waals surface area contributed by atoms with E-state index in [1.807, 2.05) is 18.2 Å². The Balaban J connectivity index is 1.98. The van der Waals surface area contributed by atoms with Gasteiger partial charge in [-0.15, -0.1) is 11.3 Å². The molecule has 3 rings (SSSR count). The number of nitrogens with zero attached hydrogens (tertiary/aromatic N) is 2. The van der Waals surface area contributed by atoms with Crippen LogP contribution in [0.2, 0.25) is 0 Å². The Morgan fingerprint density at radius 3 is 2.76 bits per heavy atom. The normalized spacial score (nSPS) is 12.3. The number of aromatic nitrogens is 2. The average molecular weight is 359 g/mol. The van der Waals surface area contributed by atoms with Gasteiger partial charge in [-0.25, -0.2) is 4.98 Å². The van der Waals surface area contributed by atoms with Gasteiger partial charge in [0.25, 0.3) is 11.5 Å². The van der Waals surface area contributed by atoms with Gasteiger partial charge in [0.15, 0.2) is 0 Å². The fourth-order valence-corrected chi connectivity index (χ4v) is 3.53. The van der Waals surface area contributed by atoms with Crippen molar-refractivity contribution in [3.05, 3.63) is 57.5 Å². The third kappa shape index (κ3) is 3.46. The zero-order valence-corrected chi connectivity index (χ0v) is 14.3. The maximum Gasteiger partial charge on any atom is 0.266 e. The van der Waals surface area contributed by atoms with Crippen molar-refractivity contribution in [2.75, 3.05) is 11.9 Å². The van der Waals surface area contributed by atoms with Crippen molar-refractivity contribution in [1.29, 1.82) is 0 Å². The highest BCUT2D eigenvalue weighted by Gasteiger charge is 2.20. The molecule has 25 heavy (non-hydrogen) atoms. The minimum Gasteiger partial charge on any atom is -0.394 e. The Labute approximate surface area is 147 Å². The monoisotopic (exact) mass is 359 g/mol. The summed E-state index contributed by atoms with van der Waals surface area (Å²) in [6.07, 6.45) is 0.273. The fraction of sp³-hybridized carbons (Fsp3) is 0.235. The van der Waals surface area contributed by atoms with E-state index in [1.165, 1.54) is 10.9 Å². The highest BCUT2D eigenvalue weighted by atomic mass is 32.1. The molecule has 3 N–H and O–H groups in total. The number of aliphatic hydroxyl groups excluding tert-OH is 2. The number of hydrogen-bond donors (Lipinski definition) is 3. The van der Waals surface area contributed by atoms with Crippen LogP contribution in [0.15, 0.2) is 41.5 Å². The average Bonchev–Trinajstić information content (AvgIpc) is 2.95. The van der Waals surface area contributed by atoms with Gasteiger partial charge in [0.05, 0.1) is 35.8 Å². The Morgan fingerprint density at radius 1 is 1.36 bits per heavy atom. The minimum atomic E-state index is -1.04. The van der Waals surface area contributed by atoms with Crippen LogP contribution in [0.4, 0.5) is 5.69 Å². The van der Waals surface area contributed by atoms with E-state index < -0.39 is 12.7 Å². The zero-order valence-electron chi connectivity index (χ0n) is 13.5. The lowest BCUT2D eigenvalue weighted by atomic mass is 10.2. The van der Waals surface area contributed by atoms with Gasteiger partial charge in [-0.3, -0.25) is 14.2 Å². The third-order valence-corrected chi connectivity index (χ3v) is 4.97. The molecule has 0 aliphatic heterocycles. The Morgan fingerprint density at radius 2 is 2.08 bits per heavy atom. The van der Waals surface area contributed by atoms with Gasteiger partial charge in [-0.1, -0.05) is 18.2 Å². The lowest BCUT2D eigenvalue weighted by Crippen LogP contribution is -2.28. The van der Waals surface area contributed by atoms with Crippen LogP contribution in [-0.2, 0) is 6.54 Å². The van der Waals surface area contributed by atoms with Crippen LogP contribution in [0.3, 0.4) is 0 Å². The number of benzene rings is 1. The number of rotatable bonds is 5. The first-order valence-corrected chi connectivity index (χ1v) is 8.46. The van der Waals surface area contributed by atoms with Crippen LogP contribution in [-0.4, -0.2) is 38.4 Å². The van der Waals surface area contributed by atoms with E-state index in [2.05, 4.69) is 10.3 Å². The number of aryl methyl sites for hydroxylation is 1. The Kier molecular flexibility index (Phi) is 4.93. The number of anilines is 1. The number of carbonyl (C=O) groups excluding carboxylic acids is 1. The van der Waals surface area contributed by atoms with E-state index in [9.17, 15) is 14.7 Å². The molecule has 0 bridgehead atoms. The van der Waals surface area contributed by atoms with Gasteiger partial charge in [0.1, 0.15) is 4.83 Å². The molecule has 0 saturated heterocycles. The Hall–Kier alpha value is -2.55. The summed E-state index contributed by atoms with van der Waals surface area (Å²) in [5, 5.41) is 21.6. The number of hydrogen-bond acceptors (Lipinski definition) is 6. The van der Waals surface area contributed by atoms with E-state index >= 15 is 0 Å². The van der Waals surface area contributed by atoms with Crippen LogP contribution in [0.1, 0.15) is 15.2 Å². The molecule has 1 atom stereocenters. The van der Waals surface area contributed by atoms with E-state index in [1.54, 1.807) is 19.1 Å². The molecule has 1 amide bonds. The van der Waals surface area contributed by atoms with Crippen molar-refractivity contribution in [3.63, 3.8) is 0 Å². The summed E-state index contributed by atoms with van der Waals surface area (Å²) in [5.74, 6) is -0.298.